The molecule has 0 radical (unpaired) electrons. The molecule has 0 unspecified atom stereocenters. The molecule has 14 heteroatoms. The third kappa shape index (κ3) is 6.07. The van der Waals surface area contributed by atoms with Crippen molar-refractivity contribution in [2.45, 2.75) is 18.6 Å². The Labute approximate surface area is 181 Å². The molecule has 0 aliphatic carbocycles. The topological polar surface area (TPSA) is 165 Å². The lowest BCUT2D eigenvalue weighted by molar-refractivity contribution is -0.192. The lowest BCUT2D eigenvalue weighted by Crippen LogP contribution is -2.42. The number of alkyl halides is 3. The van der Waals surface area contributed by atoms with E-state index in [0.717, 1.165) is 0 Å². The van der Waals surface area contributed by atoms with Gasteiger partial charge in [0.05, 0.1) is 6.33 Å². The molecule has 0 aliphatic rings. The zero-order valence-electron chi connectivity index (χ0n) is 15.7. The van der Waals surface area contributed by atoms with Crippen molar-refractivity contribution < 1.29 is 42.9 Å². The third-order valence-electron chi connectivity index (χ3n) is 3.88. The molecule has 1 atom stereocenters. The number of aliphatic carboxylic acids is 2. The maximum absolute atomic E-state index is 12.4. The van der Waals surface area contributed by atoms with E-state index in [4.69, 9.17) is 21.5 Å². The molecule has 5 N–H and O–H groups in total. The minimum atomic E-state index is -5.08. The van der Waals surface area contributed by atoms with Crippen LogP contribution in [0.1, 0.15) is 16.2 Å². The summed E-state index contributed by atoms with van der Waals surface area (Å²) in [5.41, 5.74) is 0.209. The van der Waals surface area contributed by atoms with E-state index < -0.39 is 30.1 Å². The Morgan fingerprint density at radius 2 is 1.75 bits per heavy atom. The number of nitrogens with one attached hydrogen (secondary N) is 2. The predicted octanol–water partition coefficient (Wildman–Crippen LogP) is 2.38. The lowest BCUT2D eigenvalue weighted by Gasteiger charge is -2.14. The second-order valence-corrected chi connectivity index (χ2v) is 6.45. The van der Waals surface area contributed by atoms with E-state index in [1.165, 1.54) is 12.5 Å². The minimum Gasteiger partial charge on any atom is -0.505 e. The van der Waals surface area contributed by atoms with Crippen LogP contribution >= 0.6 is 11.6 Å². The molecule has 2 aromatic heterocycles. The summed E-state index contributed by atoms with van der Waals surface area (Å²) < 4.78 is 31.7. The molecule has 0 saturated heterocycles. The molecule has 0 bridgehead atoms. The second-order valence-electron chi connectivity index (χ2n) is 6.09. The van der Waals surface area contributed by atoms with Gasteiger partial charge in [0.25, 0.3) is 5.91 Å². The summed E-state index contributed by atoms with van der Waals surface area (Å²) in [5.74, 6) is -5.18. The van der Waals surface area contributed by atoms with E-state index in [1.54, 1.807) is 24.3 Å². The average Bonchev–Trinajstić information content (AvgIpc) is 3.23. The van der Waals surface area contributed by atoms with Gasteiger partial charge < -0.3 is 25.6 Å². The number of fused-ring (bicyclic) bond motifs is 1. The van der Waals surface area contributed by atoms with E-state index in [-0.39, 0.29) is 23.0 Å². The Kier molecular flexibility index (Phi) is 7.59. The first kappa shape index (κ1) is 24.4. The van der Waals surface area contributed by atoms with E-state index in [2.05, 4.69) is 20.3 Å². The Morgan fingerprint density at radius 1 is 1.16 bits per heavy atom. The zero-order chi connectivity index (χ0) is 24.1. The average molecular weight is 475 g/mol. The Balaban J connectivity index is 0.000000451. The molecule has 0 fully saturated rings. The number of aromatic hydroxyl groups is 1. The number of rotatable bonds is 5. The van der Waals surface area contributed by atoms with Gasteiger partial charge in [-0.25, -0.2) is 19.6 Å². The van der Waals surface area contributed by atoms with Gasteiger partial charge in [-0.15, -0.1) is 0 Å². The number of halogens is 4. The molecule has 2 heterocycles. The fourth-order valence-corrected chi connectivity index (χ4v) is 2.66. The van der Waals surface area contributed by atoms with Crippen LogP contribution < -0.4 is 5.32 Å². The molecule has 32 heavy (non-hydrogen) atoms. The van der Waals surface area contributed by atoms with Gasteiger partial charge in [0, 0.05) is 29.1 Å². The summed E-state index contributed by atoms with van der Waals surface area (Å²) in [6, 6.07) is 5.43. The molecule has 0 aliphatic heterocycles. The van der Waals surface area contributed by atoms with Crippen LogP contribution in [-0.2, 0) is 16.0 Å². The van der Waals surface area contributed by atoms with Gasteiger partial charge in [-0.05, 0) is 0 Å². The number of imidazole rings is 1. The monoisotopic (exact) mass is 474 g/mol. The number of carbonyl (C=O) groups is 3. The number of amides is 1. The highest BCUT2D eigenvalue weighted by Gasteiger charge is 2.38. The van der Waals surface area contributed by atoms with Crippen molar-refractivity contribution in [3.05, 3.63) is 53.3 Å². The standard InChI is InChI=1S/C16H13ClN4O4.C2HF3O2/c17-14-10-4-2-1-3-9(10)13(22)12(21-14)15(23)20-11(16(24)25)5-8-6-18-7-19-8;3-2(4,5)1(6)7/h1-4,6-7,11,22H,5H2,(H,18,19)(H,20,23)(H,24,25);(H,6,7)/t11-;/m1./s1. The highest BCUT2D eigenvalue weighted by Crippen LogP contribution is 2.31. The number of hydrogen-bond acceptors (Lipinski definition) is 6. The molecular weight excluding hydrogens is 461 g/mol. The summed E-state index contributed by atoms with van der Waals surface area (Å²) >= 11 is 6.06. The summed E-state index contributed by atoms with van der Waals surface area (Å²) in [4.78, 5) is 43.2. The van der Waals surface area contributed by atoms with Gasteiger partial charge in [-0.2, -0.15) is 13.2 Å². The summed E-state index contributed by atoms with van der Waals surface area (Å²) in [6.45, 7) is 0. The van der Waals surface area contributed by atoms with Gasteiger partial charge >= 0.3 is 18.1 Å². The fraction of sp³-hybridized carbons (Fsp3) is 0.167. The Bertz CT molecular complexity index is 1140. The number of aromatic nitrogens is 3. The van der Waals surface area contributed by atoms with Crippen molar-refractivity contribution in [2.24, 2.45) is 0 Å². The molecular formula is C18H14ClF3N4O6. The number of pyridine rings is 1. The van der Waals surface area contributed by atoms with Crippen LogP contribution in [0.3, 0.4) is 0 Å². The number of hydrogen-bond donors (Lipinski definition) is 5. The third-order valence-corrected chi connectivity index (χ3v) is 4.17. The molecule has 1 amide bonds. The first-order valence-corrected chi connectivity index (χ1v) is 8.87. The molecule has 3 aromatic rings. The number of carbonyl (C=O) groups excluding carboxylic acids is 1. The SMILES string of the molecule is O=C(N[C@H](Cc1cnc[nH]1)C(=O)O)c1nc(Cl)c2ccccc2c1O.O=C(O)C(F)(F)F. The molecule has 0 saturated carbocycles. The van der Waals surface area contributed by atoms with Crippen molar-refractivity contribution >= 4 is 40.2 Å². The van der Waals surface area contributed by atoms with Crippen LogP contribution in [-0.4, -0.2) is 60.3 Å². The van der Waals surface area contributed by atoms with Crippen molar-refractivity contribution in [3.63, 3.8) is 0 Å². The number of nitrogens with zero attached hydrogens (tertiary/aromatic N) is 2. The first-order valence-electron chi connectivity index (χ1n) is 8.50. The molecule has 1 aromatic carbocycles. The smallest absolute Gasteiger partial charge is 0.490 e. The molecule has 170 valence electrons. The van der Waals surface area contributed by atoms with E-state index in [9.17, 15) is 33.0 Å². The number of carboxylic acid groups (broad SMARTS) is 2. The Hall–Kier alpha value is -3.87. The van der Waals surface area contributed by atoms with Gasteiger partial charge in [0.15, 0.2) is 11.4 Å². The van der Waals surface area contributed by atoms with Crippen LogP contribution in [0.4, 0.5) is 13.2 Å². The Morgan fingerprint density at radius 3 is 2.25 bits per heavy atom. The van der Waals surface area contributed by atoms with Gasteiger partial charge in [-0.1, -0.05) is 35.9 Å². The van der Waals surface area contributed by atoms with Crippen LogP contribution in [0.5, 0.6) is 5.75 Å². The maximum atomic E-state index is 12.4. The summed E-state index contributed by atoms with van der Waals surface area (Å²) in [5, 5.41) is 30.0. The maximum Gasteiger partial charge on any atom is 0.490 e. The normalized spacial score (nSPS) is 11.9. The number of aromatic amines is 1. The highest BCUT2D eigenvalue weighted by molar-refractivity contribution is 6.34. The van der Waals surface area contributed by atoms with Crippen LogP contribution in [0.15, 0.2) is 36.8 Å². The lowest BCUT2D eigenvalue weighted by atomic mass is 10.1. The van der Waals surface area contributed by atoms with E-state index in [0.29, 0.717) is 16.5 Å². The van der Waals surface area contributed by atoms with Gasteiger partial charge in [0.1, 0.15) is 11.2 Å². The van der Waals surface area contributed by atoms with Crippen molar-refractivity contribution in [1.29, 1.82) is 0 Å². The number of H-pyrrole nitrogens is 1. The quantitative estimate of drug-likeness (QED) is 0.351. The second kappa shape index (κ2) is 9.96. The summed E-state index contributed by atoms with van der Waals surface area (Å²) in [6.07, 6.45) is -2.21. The first-order chi connectivity index (χ1) is 14.9. The molecule has 10 nitrogen and oxygen atoms in total. The number of benzene rings is 1. The van der Waals surface area contributed by atoms with E-state index in [1.807, 2.05) is 0 Å². The molecule has 0 spiro atoms. The summed E-state index contributed by atoms with van der Waals surface area (Å²) in [7, 11) is 0. The van der Waals surface area contributed by atoms with Gasteiger partial charge in [-0.3, -0.25) is 4.79 Å². The molecule has 3 rings (SSSR count). The fourth-order valence-electron chi connectivity index (χ4n) is 2.41. The predicted molar refractivity (Wildman–Crippen MR) is 103 cm³/mol. The largest absolute Gasteiger partial charge is 0.505 e. The minimum absolute atomic E-state index is 0.00312. The van der Waals surface area contributed by atoms with Crippen molar-refractivity contribution in [3.8, 4) is 5.75 Å². The van der Waals surface area contributed by atoms with Crippen LogP contribution in [0.25, 0.3) is 10.8 Å². The van der Waals surface area contributed by atoms with Crippen LogP contribution in [0.2, 0.25) is 5.15 Å². The number of carboxylic acids is 2. The van der Waals surface area contributed by atoms with Crippen molar-refractivity contribution in [2.75, 3.05) is 0 Å². The van der Waals surface area contributed by atoms with Gasteiger partial charge in [0.2, 0.25) is 0 Å². The zero-order valence-corrected chi connectivity index (χ0v) is 16.5. The van der Waals surface area contributed by atoms with Crippen molar-refractivity contribution in [1.82, 2.24) is 20.3 Å². The van der Waals surface area contributed by atoms with E-state index >= 15 is 0 Å². The highest BCUT2D eigenvalue weighted by atomic mass is 35.5. The van der Waals surface area contributed by atoms with Crippen LogP contribution in [0, 0.1) is 0 Å².